The highest BCUT2D eigenvalue weighted by molar-refractivity contribution is 6.84. The number of benzene rings is 4. The molecule has 0 unspecified atom stereocenters. The van der Waals surface area contributed by atoms with Crippen LogP contribution >= 0.6 is 0 Å². The average molecular weight is 360 g/mol. The molecular formula is C25H21BN2. The maximum atomic E-state index is 2.45. The number of rotatable bonds is 3. The largest absolute Gasteiger partial charge is 0.420 e. The minimum Gasteiger partial charge on any atom is -0.360 e. The molecule has 0 atom stereocenters. The summed E-state index contributed by atoms with van der Waals surface area (Å²) in [5, 5.41) is 0. The lowest BCUT2D eigenvalue weighted by atomic mass is 9.64. The van der Waals surface area contributed by atoms with Crippen molar-refractivity contribution < 1.29 is 0 Å². The van der Waals surface area contributed by atoms with Crippen LogP contribution < -0.4 is 15.1 Å². The zero-order valence-electron chi connectivity index (χ0n) is 15.9. The monoisotopic (exact) mass is 360 g/mol. The van der Waals surface area contributed by atoms with Gasteiger partial charge >= 0.3 is 6.98 Å². The topological polar surface area (TPSA) is 6.48 Å². The zero-order valence-corrected chi connectivity index (χ0v) is 15.9. The number of hydrogen-bond donors (Lipinski definition) is 0. The first-order chi connectivity index (χ1) is 13.8. The molecule has 0 fully saturated rings. The molecule has 1 aliphatic heterocycles. The van der Waals surface area contributed by atoms with Gasteiger partial charge < -0.3 is 9.62 Å². The Balaban J connectivity index is 1.78. The van der Waals surface area contributed by atoms with Crippen LogP contribution in [0.1, 0.15) is 5.56 Å². The summed E-state index contributed by atoms with van der Waals surface area (Å²) in [7, 11) is 0. The van der Waals surface area contributed by atoms with Gasteiger partial charge in [0, 0.05) is 11.4 Å². The molecule has 28 heavy (non-hydrogen) atoms. The first-order valence-corrected chi connectivity index (χ1v) is 9.67. The summed E-state index contributed by atoms with van der Waals surface area (Å²) >= 11 is 0. The van der Waals surface area contributed by atoms with Gasteiger partial charge in [-0.05, 0) is 54.3 Å². The van der Waals surface area contributed by atoms with Crippen molar-refractivity contribution in [2.45, 2.75) is 6.92 Å². The number of aryl methyl sites for hydroxylation is 1. The molecule has 1 heterocycles. The normalized spacial score (nSPS) is 13.0. The number of para-hydroxylation sites is 2. The number of nitrogens with zero attached hydrogens (tertiary/aromatic N) is 2. The predicted molar refractivity (Wildman–Crippen MR) is 120 cm³/mol. The van der Waals surface area contributed by atoms with E-state index in [-0.39, 0.29) is 6.98 Å². The minimum absolute atomic E-state index is 0.0581. The Labute approximate surface area is 166 Å². The minimum atomic E-state index is 0.0581. The van der Waals surface area contributed by atoms with E-state index in [0.717, 1.165) is 0 Å². The molecule has 0 bridgehead atoms. The highest BCUT2D eigenvalue weighted by atomic mass is 15.3. The number of hydrogen-bond acceptors (Lipinski definition) is 2. The van der Waals surface area contributed by atoms with E-state index in [9.17, 15) is 0 Å². The Bertz CT molecular complexity index is 1080. The SMILES string of the molecule is Cc1ccc2c(c1)N(c1ccccc1)B(c1ccccc1)N2c1ccccc1. The standard InChI is InChI=1S/C25H21BN2/c1-20-17-18-24-25(19-20)28(23-15-9-4-10-16-23)26(21-11-5-2-6-12-21)27(24)22-13-7-3-8-14-22/h2-19H,1H3. The van der Waals surface area contributed by atoms with E-state index in [1.807, 2.05) is 0 Å². The van der Waals surface area contributed by atoms with E-state index in [1.165, 1.54) is 33.8 Å². The zero-order chi connectivity index (χ0) is 18.9. The Morgan fingerprint density at radius 1 is 0.536 bits per heavy atom. The second-order valence-electron chi connectivity index (χ2n) is 7.19. The van der Waals surface area contributed by atoms with Crippen molar-refractivity contribution in [3.05, 3.63) is 115 Å². The van der Waals surface area contributed by atoms with E-state index >= 15 is 0 Å². The van der Waals surface area contributed by atoms with Crippen LogP contribution in [0.2, 0.25) is 0 Å². The molecule has 0 radical (unpaired) electrons. The lowest BCUT2D eigenvalue weighted by Crippen LogP contribution is -2.53. The van der Waals surface area contributed by atoms with Crippen LogP contribution in [0, 0.1) is 6.92 Å². The predicted octanol–water partition coefficient (Wildman–Crippen LogP) is 5.68. The molecule has 0 saturated heterocycles. The molecule has 4 aromatic carbocycles. The molecule has 5 rings (SSSR count). The van der Waals surface area contributed by atoms with Gasteiger partial charge in [-0.15, -0.1) is 0 Å². The fourth-order valence-corrected chi connectivity index (χ4v) is 4.07. The fraction of sp³-hybridized carbons (Fsp3) is 0.0400. The van der Waals surface area contributed by atoms with E-state index in [1.54, 1.807) is 0 Å². The van der Waals surface area contributed by atoms with Crippen LogP contribution in [0.4, 0.5) is 22.7 Å². The van der Waals surface area contributed by atoms with Gasteiger partial charge in [0.15, 0.2) is 0 Å². The molecule has 0 saturated carbocycles. The molecule has 4 aromatic rings. The quantitative estimate of drug-likeness (QED) is 0.434. The summed E-state index contributed by atoms with van der Waals surface area (Å²) in [6.45, 7) is 2.22. The van der Waals surface area contributed by atoms with Crippen molar-refractivity contribution in [1.29, 1.82) is 0 Å². The van der Waals surface area contributed by atoms with Gasteiger partial charge in [0.2, 0.25) is 0 Å². The number of anilines is 4. The van der Waals surface area contributed by atoms with Crippen molar-refractivity contribution >= 4 is 35.2 Å². The third kappa shape index (κ3) is 2.76. The molecule has 0 amide bonds. The van der Waals surface area contributed by atoms with Gasteiger partial charge in [0.1, 0.15) is 0 Å². The maximum absolute atomic E-state index is 2.45. The summed E-state index contributed by atoms with van der Waals surface area (Å²) < 4.78 is 0. The van der Waals surface area contributed by atoms with Crippen molar-refractivity contribution in [3.8, 4) is 0 Å². The number of fused-ring (bicyclic) bond motifs is 1. The van der Waals surface area contributed by atoms with Crippen LogP contribution in [-0.2, 0) is 0 Å². The molecule has 0 N–H and O–H groups in total. The third-order valence-electron chi connectivity index (χ3n) is 5.31. The second-order valence-corrected chi connectivity index (χ2v) is 7.19. The highest BCUT2D eigenvalue weighted by Gasteiger charge is 2.43. The summed E-state index contributed by atoms with van der Waals surface area (Å²) in [4.78, 5) is 4.89. The van der Waals surface area contributed by atoms with Gasteiger partial charge in [-0.25, -0.2) is 0 Å². The summed E-state index contributed by atoms with van der Waals surface area (Å²) in [5.41, 5.74) is 7.39. The molecule has 0 aliphatic carbocycles. The lowest BCUT2D eigenvalue weighted by molar-refractivity contribution is 1.39. The molecule has 134 valence electrons. The average Bonchev–Trinajstić information content (AvgIpc) is 3.10. The van der Waals surface area contributed by atoms with Crippen molar-refractivity contribution in [1.82, 2.24) is 0 Å². The van der Waals surface area contributed by atoms with Crippen LogP contribution in [0.25, 0.3) is 0 Å². The van der Waals surface area contributed by atoms with Crippen LogP contribution in [0.3, 0.4) is 0 Å². The van der Waals surface area contributed by atoms with Crippen LogP contribution in [0.15, 0.2) is 109 Å². The van der Waals surface area contributed by atoms with E-state index < -0.39 is 0 Å². The Kier molecular flexibility index (Phi) is 4.14. The Morgan fingerprint density at radius 2 is 1.04 bits per heavy atom. The van der Waals surface area contributed by atoms with Crippen molar-refractivity contribution in [2.24, 2.45) is 0 Å². The summed E-state index contributed by atoms with van der Waals surface area (Å²) in [5.74, 6) is 0. The van der Waals surface area contributed by atoms with Gasteiger partial charge in [-0.3, -0.25) is 0 Å². The van der Waals surface area contributed by atoms with Crippen LogP contribution in [-0.4, -0.2) is 6.98 Å². The molecule has 2 nitrogen and oxygen atoms in total. The van der Waals surface area contributed by atoms with Crippen molar-refractivity contribution in [2.75, 3.05) is 9.62 Å². The molecule has 1 aliphatic rings. The van der Waals surface area contributed by atoms with E-state index in [0.29, 0.717) is 0 Å². The third-order valence-corrected chi connectivity index (χ3v) is 5.31. The Hall–Kier alpha value is -3.46. The molecule has 0 spiro atoms. The summed E-state index contributed by atoms with van der Waals surface area (Å²) in [6.07, 6.45) is 0. The smallest absolute Gasteiger partial charge is 0.360 e. The van der Waals surface area contributed by atoms with Crippen molar-refractivity contribution in [3.63, 3.8) is 0 Å². The summed E-state index contributed by atoms with van der Waals surface area (Å²) in [6, 6.07) is 38.8. The van der Waals surface area contributed by atoms with Gasteiger partial charge in [0.05, 0.1) is 11.4 Å². The molecule has 3 heteroatoms. The lowest BCUT2D eigenvalue weighted by Gasteiger charge is -2.30. The van der Waals surface area contributed by atoms with E-state index in [2.05, 4.69) is 126 Å². The highest BCUT2D eigenvalue weighted by Crippen LogP contribution is 2.46. The van der Waals surface area contributed by atoms with E-state index in [4.69, 9.17) is 0 Å². The second kappa shape index (κ2) is 6.93. The van der Waals surface area contributed by atoms with Gasteiger partial charge in [-0.1, -0.05) is 72.8 Å². The Morgan fingerprint density at radius 3 is 1.61 bits per heavy atom. The van der Waals surface area contributed by atoms with Crippen LogP contribution in [0.5, 0.6) is 0 Å². The van der Waals surface area contributed by atoms with Gasteiger partial charge in [0.25, 0.3) is 0 Å². The van der Waals surface area contributed by atoms with Gasteiger partial charge in [-0.2, -0.15) is 0 Å². The first-order valence-electron chi connectivity index (χ1n) is 9.67. The molecular weight excluding hydrogens is 339 g/mol. The fourth-order valence-electron chi connectivity index (χ4n) is 4.07. The first kappa shape index (κ1) is 16.7. The molecule has 0 aromatic heterocycles. The maximum Gasteiger partial charge on any atom is 0.420 e.